The first-order valence-electron chi connectivity index (χ1n) is 6.02. The molecule has 2 aromatic rings. The first-order chi connectivity index (χ1) is 9.15. The van der Waals surface area contributed by atoms with Gasteiger partial charge in [0.15, 0.2) is 0 Å². The summed E-state index contributed by atoms with van der Waals surface area (Å²) in [4.78, 5) is 1.03. The van der Waals surface area contributed by atoms with Crippen LogP contribution in [0.5, 0.6) is 5.75 Å². The fourth-order valence-electron chi connectivity index (χ4n) is 1.65. The summed E-state index contributed by atoms with van der Waals surface area (Å²) in [5.41, 5.74) is 7.54. The Balaban J connectivity index is 1.81. The summed E-state index contributed by atoms with van der Waals surface area (Å²) in [6.45, 7) is 2.70. The first kappa shape index (κ1) is 14.1. The molecule has 0 unspecified atom stereocenters. The van der Waals surface area contributed by atoms with Crippen LogP contribution < -0.4 is 10.5 Å². The lowest BCUT2D eigenvalue weighted by molar-refractivity contribution is 0.344. The van der Waals surface area contributed by atoms with Gasteiger partial charge in [-0.15, -0.1) is 11.8 Å². The van der Waals surface area contributed by atoms with Gasteiger partial charge in [0.05, 0.1) is 11.6 Å². The number of hydrogen-bond acceptors (Lipinski definition) is 3. The standard InChI is InChI=1S/C15H16ClNOS/c1-11-3-2-4-13(9-11)18-7-8-19-15-6-5-12(17)10-14(15)16/h2-6,9-10H,7-8,17H2,1H3. The van der Waals surface area contributed by atoms with Crippen molar-refractivity contribution in [1.29, 1.82) is 0 Å². The van der Waals surface area contributed by atoms with Gasteiger partial charge in [0.25, 0.3) is 0 Å². The number of aryl methyl sites for hydroxylation is 1. The SMILES string of the molecule is Cc1cccc(OCCSc2ccc(N)cc2Cl)c1. The second kappa shape index (κ2) is 6.73. The molecule has 0 spiro atoms. The van der Waals surface area contributed by atoms with Crippen LogP contribution in [0.15, 0.2) is 47.4 Å². The van der Waals surface area contributed by atoms with E-state index in [1.807, 2.05) is 30.3 Å². The lowest BCUT2D eigenvalue weighted by atomic mass is 10.2. The van der Waals surface area contributed by atoms with Crippen molar-refractivity contribution < 1.29 is 4.74 Å². The third-order valence-electron chi connectivity index (χ3n) is 2.56. The van der Waals surface area contributed by atoms with E-state index in [1.54, 1.807) is 17.8 Å². The summed E-state index contributed by atoms with van der Waals surface area (Å²) in [6.07, 6.45) is 0. The van der Waals surface area contributed by atoms with Crippen molar-refractivity contribution in [3.8, 4) is 5.75 Å². The Morgan fingerprint density at radius 2 is 2.05 bits per heavy atom. The molecule has 2 aromatic carbocycles. The van der Waals surface area contributed by atoms with Crippen LogP contribution in [0.1, 0.15) is 5.56 Å². The van der Waals surface area contributed by atoms with E-state index in [-0.39, 0.29) is 0 Å². The highest BCUT2D eigenvalue weighted by molar-refractivity contribution is 7.99. The van der Waals surface area contributed by atoms with Crippen LogP contribution in [-0.2, 0) is 0 Å². The van der Waals surface area contributed by atoms with Gasteiger partial charge in [0, 0.05) is 16.3 Å². The number of rotatable bonds is 5. The van der Waals surface area contributed by atoms with E-state index in [2.05, 4.69) is 13.0 Å². The van der Waals surface area contributed by atoms with Crippen LogP contribution >= 0.6 is 23.4 Å². The Morgan fingerprint density at radius 3 is 2.79 bits per heavy atom. The smallest absolute Gasteiger partial charge is 0.119 e. The van der Waals surface area contributed by atoms with Crippen molar-refractivity contribution in [3.63, 3.8) is 0 Å². The Bertz CT molecular complexity index is 560. The molecule has 100 valence electrons. The number of nitrogens with two attached hydrogens (primary N) is 1. The predicted octanol–water partition coefficient (Wildman–Crippen LogP) is 4.40. The molecule has 0 aliphatic carbocycles. The van der Waals surface area contributed by atoms with Crippen LogP contribution in [0, 0.1) is 6.92 Å². The number of thioether (sulfide) groups is 1. The van der Waals surface area contributed by atoms with Gasteiger partial charge in [0.2, 0.25) is 0 Å². The second-order valence-electron chi connectivity index (χ2n) is 4.20. The lowest BCUT2D eigenvalue weighted by Gasteiger charge is -2.08. The van der Waals surface area contributed by atoms with Crippen LogP contribution in [0.3, 0.4) is 0 Å². The minimum Gasteiger partial charge on any atom is -0.493 e. The molecule has 0 radical (unpaired) electrons. The number of halogens is 1. The van der Waals surface area contributed by atoms with E-state index in [0.717, 1.165) is 16.4 Å². The maximum atomic E-state index is 6.10. The predicted molar refractivity (Wildman–Crippen MR) is 83.3 cm³/mol. The van der Waals surface area contributed by atoms with Crippen LogP contribution in [-0.4, -0.2) is 12.4 Å². The molecule has 0 saturated carbocycles. The zero-order chi connectivity index (χ0) is 13.7. The largest absolute Gasteiger partial charge is 0.493 e. The van der Waals surface area contributed by atoms with Gasteiger partial charge >= 0.3 is 0 Å². The van der Waals surface area contributed by atoms with Crippen LogP contribution in [0.25, 0.3) is 0 Å². The number of benzene rings is 2. The van der Waals surface area contributed by atoms with Crippen molar-refractivity contribution in [2.24, 2.45) is 0 Å². The van der Waals surface area contributed by atoms with E-state index in [0.29, 0.717) is 17.3 Å². The summed E-state index contributed by atoms with van der Waals surface area (Å²) in [7, 11) is 0. The number of anilines is 1. The molecule has 0 aliphatic heterocycles. The third kappa shape index (κ3) is 4.37. The maximum absolute atomic E-state index is 6.10. The Hall–Kier alpha value is -1.32. The molecule has 0 atom stereocenters. The zero-order valence-electron chi connectivity index (χ0n) is 10.7. The van der Waals surface area contributed by atoms with E-state index in [4.69, 9.17) is 22.1 Å². The fourth-order valence-corrected chi connectivity index (χ4v) is 2.75. The molecule has 0 fully saturated rings. The summed E-state index contributed by atoms with van der Waals surface area (Å²) in [5.74, 6) is 1.75. The molecule has 19 heavy (non-hydrogen) atoms. The highest BCUT2D eigenvalue weighted by Gasteiger charge is 2.01. The zero-order valence-corrected chi connectivity index (χ0v) is 12.3. The highest BCUT2D eigenvalue weighted by Crippen LogP contribution is 2.28. The minimum atomic E-state index is 0.648. The lowest BCUT2D eigenvalue weighted by Crippen LogP contribution is -2.00. The van der Waals surface area contributed by atoms with Gasteiger partial charge in [-0.1, -0.05) is 23.7 Å². The summed E-state index contributed by atoms with van der Waals surface area (Å²) >= 11 is 7.77. The molecular weight excluding hydrogens is 278 g/mol. The molecule has 0 heterocycles. The maximum Gasteiger partial charge on any atom is 0.119 e. The average molecular weight is 294 g/mol. The van der Waals surface area contributed by atoms with Gasteiger partial charge < -0.3 is 10.5 Å². The van der Waals surface area contributed by atoms with Crippen molar-refractivity contribution in [1.82, 2.24) is 0 Å². The molecule has 2 N–H and O–H groups in total. The normalized spacial score (nSPS) is 10.4. The number of nitrogen functional groups attached to an aromatic ring is 1. The van der Waals surface area contributed by atoms with Gasteiger partial charge in [0.1, 0.15) is 5.75 Å². The molecule has 0 amide bonds. The summed E-state index contributed by atoms with van der Waals surface area (Å²) in [6, 6.07) is 13.6. The number of hydrogen-bond donors (Lipinski definition) is 1. The number of ether oxygens (including phenoxy) is 1. The van der Waals surface area contributed by atoms with Crippen molar-refractivity contribution >= 4 is 29.1 Å². The monoisotopic (exact) mass is 293 g/mol. The molecule has 2 nitrogen and oxygen atoms in total. The quantitative estimate of drug-likeness (QED) is 0.504. The summed E-state index contributed by atoms with van der Waals surface area (Å²) in [5, 5.41) is 0.695. The first-order valence-corrected chi connectivity index (χ1v) is 7.39. The highest BCUT2D eigenvalue weighted by atomic mass is 35.5. The minimum absolute atomic E-state index is 0.648. The molecule has 0 saturated heterocycles. The van der Waals surface area contributed by atoms with Crippen LogP contribution in [0.2, 0.25) is 5.02 Å². The summed E-state index contributed by atoms with van der Waals surface area (Å²) < 4.78 is 5.68. The molecule has 2 rings (SSSR count). The van der Waals surface area contributed by atoms with E-state index < -0.39 is 0 Å². The van der Waals surface area contributed by atoms with E-state index in [1.165, 1.54) is 5.56 Å². The molecule has 0 aromatic heterocycles. The Labute approximate surface area is 122 Å². The van der Waals surface area contributed by atoms with Crippen molar-refractivity contribution in [2.45, 2.75) is 11.8 Å². The molecular formula is C15H16ClNOS. The fraction of sp³-hybridized carbons (Fsp3) is 0.200. The van der Waals surface area contributed by atoms with Gasteiger partial charge in [-0.05, 0) is 42.8 Å². The van der Waals surface area contributed by atoms with Gasteiger partial charge in [-0.2, -0.15) is 0 Å². The van der Waals surface area contributed by atoms with E-state index in [9.17, 15) is 0 Å². The molecule has 0 bridgehead atoms. The van der Waals surface area contributed by atoms with Gasteiger partial charge in [-0.3, -0.25) is 0 Å². The molecule has 0 aliphatic rings. The van der Waals surface area contributed by atoms with Crippen LogP contribution in [0.4, 0.5) is 5.69 Å². The third-order valence-corrected chi connectivity index (χ3v) is 4.02. The second-order valence-corrected chi connectivity index (χ2v) is 5.75. The van der Waals surface area contributed by atoms with Crippen molar-refractivity contribution in [3.05, 3.63) is 53.1 Å². The van der Waals surface area contributed by atoms with E-state index >= 15 is 0 Å². The molecule has 4 heteroatoms. The topological polar surface area (TPSA) is 35.2 Å². The van der Waals surface area contributed by atoms with Crippen molar-refractivity contribution in [2.75, 3.05) is 18.1 Å². The Kier molecular flexibility index (Phi) is 5.00. The average Bonchev–Trinajstić information content (AvgIpc) is 2.37. The van der Waals surface area contributed by atoms with Gasteiger partial charge in [-0.25, -0.2) is 0 Å². The Morgan fingerprint density at radius 1 is 1.21 bits per heavy atom.